The third kappa shape index (κ3) is 4.12. The Morgan fingerprint density at radius 3 is 2.17 bits per heavy atom. The molecule has 0 aliphatic heterocycles. The van der Waals surface area contributed by atoms with E-state index in [0.29, 0.717) is 11.4 Å². The first-order valence-corrected chi connectivity index (χ1v) is 10.3. The van der Waals surface area contributed by atoms with Crippen LogP contribution in [-0.4, -0.2) is 24.5 Å². The highest BCUT2D eigenvalue weighted by molar-refractivity contribution is 7.92. The van der Waals surface area contributed by atoms with Crippen molar-refractivity contribution in [2.24, 2.45) is 0 Å². The zero-order valence-electron chi connectivity index (χ0n) is 15.5. The van der Waals surface area contributed by atoms with Crippen LogP contribution in [0.2, 0.25) is 0 Å². The van der Waals surface area contributed by atoms with Gasteiger partial charge in [0.1, 0.15) is 0 Å². The fraction of sp³-hybridized carbons (Fsp3) is 0.0476. The van der Waals surface area contributed by atoms with Gasteiger partial charge in [0.2, 0.25) is 5.91 Å². The molecule has 8 heteroatoms. The van der Waals surface area contributed by atoms with Crippen LogP contribution in [-0.2, 0) is 14.8 Å². The van der Waals surface area contributed by atoms with Crippen molar-refractivity contribution in [2.45, 2.75) is 11.8 Å². The topological polar surface area (TPSA) is 104 Å². The maximum atomic E-state index is 12.7. The Hall–Kier alpha value is -3.65. The second kappa shape index (κ2) is 7.40. The summed E-state index contributed by atoms with van der Waals surface area (Å²) in [5.74, 6) is -0.133. The molecular formula is C21H18N4O3S. The predicted octanol–water partition coefficient (Wildman–Crippen LogP) is 3.99. The monoisotopic (exact) mass is 406 g/mol. The van der Waals surface area contributed by atoms with E-state index in [1.165, 1.54) is 6.92 Å². The normalized spacial score (nSPS) is 11.3. The number of fused-ring (bicyclic) bond motifs is 1. The van der Waals surface area contributed by atoms with Crippen LogP contribution in [0.1, 0.15) is 6.92 Å². The zero-order chi connectivity index (χ0) is 20.4. The van der Waals surface area contributed by atoms with Crippen LogP contribution in [0.3, 0.4) is 0 Å². The number of carbonyl (C=O) groups excluding carboxylic acids is 1. The van der Waals surface area contributed by atoms with Crippen molar-refractivity contribution in [3.8, 4) is 11.1 Å². The highest BCUT2D eigenvalue weighted by atomic mass is 32.2. The number of nitrogens with one attached hydrogen (secondary N) is 3. The Bertz CT molecular complexity index is 1280. The lowest BCUT2D eigenvalue weighted by atomic mass is 10.1. The second-order valence-corrected chi connectivity index (χ2v) is 8.24. The molecule has 146 valence electrons. The van der Waals surface area contributed by atoms with Crippen molar-refractivity contribution in [1.29, 1.82) is 0 Å². The first-order valence-electron chi connectivity index (χ1n) is 8.85. The van der Waals surface area contributed by atoms with Gasteiger partial charge in [0, 0.05) is 18.0 Å². The van der Waals surface area contributed by atoms with Crippen molar-refractivity contribution >= 4 is 38.2 Å². The van der Waals surface area contributed by atoms with E-state index in [0.717, 1.165) is 22.0 Å². The second-order valence-electron chi connectivity index (χ2n) is 6.56. The van der Waals surface area contributed by atoms with Crippen molar-refractivity contribution in [3.63, 3.8) is 0 Å². The number of hydrogen-bond acceptors (Lipinski definition) is 4. The molecule has 0 unspecified atom stereocenters. The van der Waals surface area contributed by atoms with Gasteiger partial charge in [-0.05, 0) is 53.6 Å². The zero-order valence-corrected chi connectivity index (χ0v) is 16.3. The van der Waals surface area contributed by atoms with E-state index in [4.69, 9.17) is 0 Å². The van der Waals surface area contributed by atoms with E-state index in [1.807, 2.05) is 12.1 Å². The first kappa shape index (κ1) is 18.7. The third-order valence-corrected chi connectivity index (χ3v) is 5.79. The molecule has 0 atom stereocenters. The van der Waals surface area contributed by atoms with Crippen LogP contribution >= 0.6 is 0 Å². The fourth-order valence-corrected chi connectivity index (χ4v) is 4.04. The van der Waals surface area contributed by atoms with E-state index in [1.54, 1.807) is 60.8 Å². The summed E-state index contributed by atoms with van der Waals surface area (Å²) < 4.78 is 28.0. The molecule has 0 aliphatic rings. The van der Waals surface area contributed by atoms with E-state index in [2.05, 4.69) is 20.2 Å². The Morgan fingerprint density at radius 1 is 0.897 bits per heavy atom. The Kier molecular flexibility index (Phi) is 4.77. The molecule has 4 rings (SSSR count). The number of benzene rings is 3. The fourth-order valence-electron chi connectivity index (χ4n) is 2.99. The predicted molar refractivity (Wildman–Crippen MR) is 113 cm³/mol. The highest BCUT2D eigenvalue weighted by Gasteiger charge is 2.15. The van der Waals surface area contributed by atoms with E-state index in [-0.39, 0.29) is 10.8 Å². The van der Waals surface area contributed by atoms with Gasteiger partial charge in [-0.2, -0.15) is 5.10 Å². The number of aromatic amines is 1. The molecule has 0 radical (unpaired) electrons. The molecule has 0 saturated heterocycles. The standard InChI is InChI=1S/C21H18N4O3S/c1-14(26)23-18-7-2-15(3-8-18)16-5-10-20(11-6-16)29(27,28)25-19-9-4-17-13-22-24-21(17)12-19/h2-13,25H,1H3,(H,22,24)(H,23,26). The minimum Gasteiger partial charge on any atom is -0.326 e. The Balaban J connectivity index is 1.53. The van der Waals surface area contributed by atoms with Gasteiger partial charge in [0.25, 0.3) is 10.0 Å². The summed E-state index contributed by atoms with van der Waals surface area (Å²) in [7, 11) is -3.72. The Labute approximate surface area is 167 Å². The number of amides is 1. The van der Waals surface area contributed by atoms with Crippen LogP contribution in [0.25, 0.3) is 22.0 Å². The summed E-state index contributed by atoms with van der Waals surface area (Å²) in [6, 6.07) is 19.2. The lowest BCUT2D eigenvalue weighted by Crippen LogP contribution is -2.12. The molecule has 1 aromatic heterocycles. The lowest BCUT2D eigenvalue weighted by Gasteiger charge is -2.09. The number of hydrogen-bond donors (Lipinski definition) is 3. The van der Waals surface area contributed by atoms with Crippen molar-refractivity contribution < 1.29 is 13.2 Å². The molecule has 0 fully saturated rings. The highest BCUT2D eigenvalue weighted by Crippen LogP contribution is 2.25. The van der Waals surface area contributed by atoms with Gasteiger partial charge in [-0.25, -0.2) is 8.42 Å². The van der Waals surface area contributed by atoms with Gasteiger partial charge in [-0.1, -0.05) is 24.3 Å². The largest absolute Gasteiger partial charge is 0.326 e. The third-order valence-electron chi connectivity index (χ3n) is 4.40. The molecule has 29 heavy (non-hydrogen) atoms. The summed E-state index contributed by atoms with van der Waals surface area (Å²) in [6.07, 6.45) is 1.68. The molecule has 0 spiro atoms. The number of anilines is 2. The molecule has 1 amide bonds. The van der Waals surface area contributed by atoms with Crippen LogP contribution in [0.4, 0.5) is 11.4 Å². The maximum Gasteiger partial charge on any atom is 0.261 e. The number of aromatic nitrogens is 2. The number of carbonyl (C=O) groups is 1. The number of nitrogens with zero attached hydrogens (tertiary/aromatic N) is 1. The summed E-state index contributed by atoms with van der Waals surface area (Å²) >= 11 is 0. The molecule has 3 aromatic carbocycles. The van der Waals surface area contributed by atoms with Crippen molar-refractivity contribution in [2.75, 3.05) is 10.0 Å². The molecule has 3 N–H and O–H groups in total. The minimum absolute atomic E-state index is 0.133. The van der Waals surface area contributed by atoms with Gasteiger partial charge in [-0.3, -0.25) is 14.6 Å². The molecule has 1 heterocycles. The molecule has 4 aromatic rings. The molecular weight excluding hydrogens is 388 g/mol. The molecule has 0 saturated carbocycles. The van der Waals surface area contributed by atoms with Crippen molar-refractivity contribution in [3.05, 3.63) is 72.9 Å². The van der Waals surface area contributed by atoms with Crippen LogP contribution in [0.15, 0.2) is 77.8 Å². The quantitative estimate of drug-likeness (QED) is 0.466. The SMILES string of the molecule is CC(=O)Nc1ccc(-c2ccc(S(=O)(=O)Nc3ccc4cn[nH]c4c3)cc2)cc1. The van der Waals surface area contributed by atoms with Gasteiger partial charge in [0.15, 0.2) is 0 Å². The van der Waals surface area contributed by atoms with Gasteiger partial charge < -0.3 is 5.32 Å². The van der Waals surface area contributed by atoms with Gasteiger partial charge >= 0.3 is 0 Å². The van der Waals surface area contributed by atoms with Crippen LogP contribution in [0.5, 0.6) is 0 Å². The number of sulfonamides is 1. The summed E-state index contributed by atoms with van der Waals surface area (Å²) in [6.45, 7) is 1.45. The lowest BCUT2D eigenvalue weighted by molar-refractivity contribution is -0.114. The average molecular weight is 406 g/mol. The first-order chi connectivity index (χ1) is 13.9. The summed E-state index contributed by atoms with van der Waals surface area (Å²) in [4.78, 5) is 11.3. The summed E-state index contributed by atoms with van der Waals surface area (Å²) in [5.41, 5.74) is 3.71. The number of H-pyrrole nitrogens is 1. The van der Waals surface area contributed by atoms with E-state index in [9.17, 15) is 13.2 Å². The molecule has 0 aliphatic carbocycles. The average Bonchev–Trinajstić information content (AvgIpc) is 3.16. The minimum atomic E-state index is -3.72. The van der Waals surface area contributed by atoms with E-state index < -0.39 is 10.0 Å². The Morgan fingerprint density at radius 2 is 1.52 bits per heavy atom. The van der Waals surface area contributed by atoms with Crippen LogP contribution < -0.4 is 10.0 Å². The molecule has 7 nitrogen and oxygen atoms in total. The van der Waals surface area contributed by atoms with Crippen LogP contribution in [0, 0.1) is 0 Å². The van der Waals surface area contributed by atoms with Crippen molar-refractivity contribution in [1.82, 2.24) is 10.2 Å². The van der Waals surface area contributed by atoms with Gasteiger partial charge in [-0.15, -0.1) is 0 Å². The number of rotatable bonds is 5. The maximum absolute atomic E-state index is 12.7. The molecule has 0 bridgehead atoms. The smallest absolute Gasteiger partial charge is 0.261 e. The summed E-state index contributed by atoms with van der Waals surface area (Å²) in [5, 5.41) is 10.4. The van der Waals surface area contributed by atoms with Gasteiger partial charge in [0.05, 0.1) is 22.3 Å². The van der Waals surface area contributed by atoms with E-state index >= 15 is 0 Å².